The number of carbonyl (C=O) groups excluding carboxylic acids is 3. The molecule has 0 radical (unpaired) electrons. The SMILES string of the molecule is N#Cc1c(NSC2CCCC2)ccc(F)c1Oc1ccc2ncn(CCC3CCN(C(=O)CN4CCC(c5ccc(NC6CCC(=O)NC6=O)cc5)CC4)CC3)c(=O)c2c1. The molecule has 0 bridgehead atoms. The van der Waals surface area contributed by atoms with Crippen LogP contribution in [0.2, 0.25) is 0 Å². The molecule has 13 nitrogen and oxygen atoms in total. The van der Waals surface area contributed by atoms with Crippen molar-refractivity contribution in [2.75, 3.05) is 42.8 Å². The first kappa shape index (κ1) is 41.3. The number of aromatic nitrogens is 2. The zero-order chi connectivity index (χ0) is 41.6. The third kappa shape index (κ3) is 9.77. The molecular formula is C45H51FN8O5S. The van der Waals surface area contributed by atoms with E-state index in [0.717, 1.165) is 63.7 Å². The van der Waals surface area contributed by atoms with Crippen LogP contribution in [0.15, 0.2) is 65.7 Å². The van der Waals surface area contributed by atoms with Crippen LogP contribution in [0, 0.1) is 23.1 Å². The molecule has 3 amide bonds. The minimum absolute atomic E-state index is 0.0701. The number of hydrogen-bond acceptors (Lipinski definition) is 11. The van der Waals surface area contributed by atoms with Crippen LogP contribution in [-0.2, 0) is 20.9 Å². The van der Waals surface area contributed by atoms with Gasteiger partial charge in [0.05, 0.1) is 29.5 Å². The lowest BCUT2D eigenvalue weighted by molar-refractivity contribution is -0.135. The van der Waals surface area contributed by atoms with E-state index < -0.39 is 11.9 Å². The number of imide groups is 1. The summed E-state index contributed by atoms with van der Waals surface area (Å²) in [5.74, 6) is -0.173. The van der Waals surface area contributed by atoms with Gasteiger partial charge in [0.1, 0.15) is 23.4 Å². The number of benzene rings is 3. The van der Waals surface area contributed by atoms with Crippen molar-refractivity contribution in [1.82, 2.24) is 24.7 Å². The lowest BCUT2D eigenvalue weighted by Gasteiger charge is -2.36. The predicted molar refractivity (Wildman–Crippen MR) is 229 cm³/mol. The van der Waals surface area contributed by atoms with E-state index in [2.05, 4.69) is 43.4 Å². The summed E-state index contributed by atoms with van der Waals surface area (Å²) in [5, 5.41) is 16.4. The highest BCUT2D eigenvalue weighted by molar-refractivity contribution is 8.01. The summed E-state index contributed by atoms with van der Waals surface area (Å²) in [5.41, 5.74) is 2.95. The van der Waals surface area contributed by atoms with Gasteiger partial charge in [-0.05, 0) is 136 Å². The van der Waals surface area contributed by atoms with Crippen LogP contribution < -0.4 is 25.7 Å². The Morgan fingerprint density at radius 2 is 1.72 bits per heavy atom. The number of piperidine rings is 3. The second kappa shape index (κ2) is 18.9. The smallest absolute Gasteiger partial charge is 0.261 e. The molecule has 4 fully saturated rings. The first-order chi connectivity index (χ1) is 29.2. The van der Waals surface area contributed by atoms with Gasteiger partial charge in [-0.15, -0.1) is 0 Å². The predicted octanol–water partition coefficient (Wildman–Crippen LogP) is 6.93. The first-order valence-electron chi connectivity index (χ1n) is 21.2. The van der Waals surface area contributed by atoms with Gasteiger partial charge in [0.15, 0.2) is 11.6 Å². The van der Waals surface area contributed by atoms with Crippen LogP contribution in [0.5, 0.6) is 11.5 Å². The minimum atomic E-state index is -0.664. The molecule has 314 valence electrons. The van der Waals surface area contributed by atoms with Crippen LogP contribution in [0.1, 0.15) is 87.7 Å². The Morgan fingerprint density at radius 3 is 2.45 bits per heavy atom. The number of anilines is 2. The standard InChI is InChI=1S/C45H51FN8O5S/c46-37-10-12-39(51-60-34-3-1-2-4-34)36(26-47)43(37)59-33-9-11-38-35(25-33)45(58)54(28-48-38)24-17-29-15-22-53(23-16-29)42(56)27-52-20-18-31(19-21-52)30-5-7-32(8-6-30)49-40-13-14-41(55)50-44(40)57/h5-12,25,28-29,31,34,40,49,51H,1-4,13-24,27H2,(H,50,55,57). The summed E-state index contributed by atoms with van der Waals surface area (Å²) in [6, 6.07) is 17.6. The summed E-state index contributed by atoms with van der Waals surface area (Å²) in [6.45, 7) is 4.01. The normalized spacial score (nSPS) is 19.6. The summed E-state index contributed by atoms with van der Waals surface area (Å²) in [6.07, 6.45) is 11.4. The third-order valence-corrected chi connectivity index (χ3v) is 13.7. The maximum absolute atomic E-state index is 15.1. The average Bonchev–Trinajstić information content (AvgIpc) is 3.79. The minimum Gasteiger partial charge on any atom is -0.453 e. The maximum Gasteiger partial charge on any atom is 0.261 e. The topological polar surface area (TPSA) is 162 Å². The van der Waals surface area contributed by atoms with Gasteiger partial charge in [0, 0.05) is 37.0 Å². The molecule has 3 N–H and O–H groups in total. The number of fused-ring (bicyclic) bond motifs is 1. The molecule has 1 unspecified atom stereocenters. The lowest BCUT2D eigenvalue weighted by atomic mass is 9.89. The van der Waals surface area contributed by atoms with E-state index in [1.165, 1.54) is 24.5 Å². The summed E-state index contributed by atoms with van der Waals surface area (Å²) in [4.78, 5) is 59.3. The largest absolute Gasteiger partial charge is 0.453 e. The van der Waals surface area contributed by atoms with Crippen molar-refractivity contribution in [3.05, 3.63) is 88.2 Å². The number of nitrogens with zero attached hydrogens (tertiary/aromatic N) is 5. The van der Waals surface area contributed by atoms with Gasteiger partial charge in [-0.25, -0.2) is 9.37 Å². The molecule has 4 heterocycles. The van der Waals surface area contributed by atoms with E-state index in [0.29, 0.717) is 72.7 Å². The van der Waals surface area contributed by atoms with Gasteiger partial charge in [-0.1, -0.05) is 25.0 Å². The van der Waals surface area contributed by atoms with E-state index in [-0.39, 0.29) is 40.3 Å². The molecule has 1 aliphatic carbocycles. The summed E-state index contributed by atoms with van der Waals surface area (Å²) < 4.78 is 25.9. The second-order valence-electron chi connectivity index (χ2n) is 16.5. The first-order valence-corrected chi connectivity index (χ1v) is 22.1. The van der Waals surface area contributed by atoms with Gasteiger partial charge < -0.3 is 19.7 Å². The van der Waals surface area contributed by atoms with Crippen molar-refractivity contribution in [1.29, 1.82) is 5.26 Å². The van der Waals surface area contributed by atoms with E-state index in [9.17, 15) is 24.4 Å². The fourth-order valence-electron chi connectivity index (χ4n) is 8.88. The van der Waals surface area contributed by atoms with E-state index in [1.807, 2.05) is 17.0 Å². The van der Waals surface area contributed by atoms with Crippen molar-refractivity contribution < 1.29 is 23.5 Å². The second-order valence-corrected chi connectivity index (χ2v) is 17.6. The van der Waals surface area contributed by atoms with Gasteiger partial charge in [-0.3, -0.25) is 34.0 Å². The van der Waals surface area contributed by atoms with E-state index >= 15 is 4.39 Å². The Kier molecular flexibility index (Phi) is 13.0. The van der Waals surface area contributed by atoms with Crippen molar-refractivity contribution in [2.24, 2.45) is 5.92 Å². The molecule has 4 aliphatic rings. The Hall–Kier alpha value is -5.46. The van der Waals surface area contributed by atoms with Crippen molar-refractivity contribution in [2.45, 2.75) is 94.4 Å². The van der Waals surface area contributed by atoms with Crippen LogP contribution in [0.3, 0.4) is 0 Å². The van der Waals surface area contributed by atoms with E-state index in [4.69, 9.17) is 4.74 Å². The number of halogens is 1. The number of hydrogen-bond donors (Lipinski definition) is 3. The zero-order valence-corrected chi connectivity index (χ0v) is 34.5. The molecule has 1 atom stereocenters. The molecule has 1 saturated carbocycles. The lowest BCUT2D eigenvalue weighted by Crippen LogP contribution is -2.47. The summed E-state index contributed by atoms with van der Waals surface area (Å²) >= 11 is 1.55. The number of ether oxygens (including phenoxy) is 1. The Balaban J connectivity index is 0.790. The average molecular weight is 835 g/mol. The molecule has 0 spiro atoms. The third-order valence-electron chi connectivity index (χ3n) is 12.5. The van der Waals surface area contributed by atoms with Gasteiger partial charge in [0.25, 0.3) is 5.56 Å². The van der Waals surface area contributed by atoms with Gasteiger partial charge in [-0.2, -0.15) is 5.26 Å². The number of likely N-dealkylation sites (tertiary alicyclic amines) is 2. The van der Waals surface area contributed by atoms with Crippen molar-refractivity contribution in [3.8, 4) is 17.6 Å². The molecule has 1 aromatic heterocycles. The molecule has 3 saturated heterocycles. The molecule has 15 heteroatoms. The Bertz CT molecular complexity index is 2310. The Labute approximate surface area is 353 Å². The number of amides is 3. The molecular weight excluding hydrogens is 784 g/mol. The number of aryl methyl sites for hydroxylation is 1. The highest BCUT2D eigenvalue weighted by atomic mass is 32.2. The van der Waals surface area contributed by atoms with Gasteiger partial charge in [0.2, 0.25) is 17.7 Å². The molecule has 8 rings (SSSR count). The number of nitrogens with one attached hydrogen (secondary N) is 3. The highest BCUT2D eigenvalue weighted by Crippen LogP contribution is 2.37. The van der Waals surface area contributed by atoms with Crippen LogP contribution in [-0.4, -0.2) is 81.1 Å². The van der Waals surface area contributed by atoms with Crippen LogP contribution in [0.4, 0.5) is 15.8 Å². The fourth-order valence-corrected chi connectivity index (χ4v) is 9.91. The molecule has 3 aliphatic heterocycles. The van der Waals surface area contributed by atoms with Crippen LogP contribution in [0.25, 0.3) is 10.9 Å². The van der Waals surface area contributed by atoms with E-state index in [1.54, 1.807) is 47.1 Å². The Morgan fingerprint density at radius 1 is 0.950 bits per heavy atom. The summed E-state index contributed by atoms with van der Waals surface area (Å²) in [7, 11) is 0. The molecule has 3 aromatic carbocycles. The molecule has 60 heavy (non-hydrogen) atoms. The number of nitriles is 1. The highest BCUT2D eigenvalue weighted by Gasteiger charge is 2.29. The molecule has 4 aromatic rings. The number of rotatable bonds is 13. The van der Waals surface area contributed by atoms with Crippen LogP contribution >= 0.6 is 11.9 Å². The zero-order valence-electron chi connectivity index (χ0n) is 33.7. The number of carbonyl (C=O) groups is 3. The van der Waals surface area contributed by atoms with Crippen molar-refractivity contribution in [3.63, 3.8) is 0 Å². The quantitative estimate of drug-likeness (QED) is 0.0947. The van der Waals surface area contributed by atoms with Gasteiger partial charge >= 0.3 is 0 Å². The maximum atomic E-state index is 15.1. The van der Waals surface area contributed by atoms with Crippen molar-refractivity contribution >= 4 is 51.9 Å². The monoisotopic (exact) mass is 834 g/mol. The fraction of sp³-hybridized carbons (Fsp3) is 0.467.